The standard InChI is InChI=1S/C10H17N3/c1-3-6-13(2)8-4-5-9(11)10(12)7-8/h4-5,7H,3,6,11-12H2,1-2H3. The molecule has 0 bridgehead atoms. The molecular weight excluding hydrogens is 162 g/mol. The van der Waals surface area contributed by atoms with Gasteiger partial charge in [-0.3, -0.25) is 0 Å². The molecule has 3 heteroatoms. The number of hydrogen-bond acceptors (Lipinski definition) is 3. The SMILES string of the molecule is CCCN(C)c1ccc(N)c(N)c1. The number of nitrogens with two attached hydrogens (primary N) is 2. The Morgan fingerprint density at radius 1 is 1.23 bits per heavy atom. The predicted octanol–water partition coefficient (Wildman–Crippen LogP) is 1.70. The summed E-state index contributed by atoms with van der Waals surface area (Å²) in [7, 11) is 2.05. The number of hydrogen-bond donors (Lipinski definition) is 2. The fourth-order valence-electron chi connectivity index (χ4n) is 1.26. The third kappa shape index (κ3) is 2.28. The summed E-state index contributed by atoms with van der Waals surface area (Å²) in [5, 5.41) is 0. The fraction of sp³-hybridized carbons (Fsp3) is 0.400. The molecule has 0 aliphatic carbocycles. The van der Waals surface area contributed by atoms with Gasteiger partial charge in [-0.05, 0) is 24.6 Å². The van der Waals surface area contributed by atoms with Crippen LogP contribution in [0.4, 0.5) is 17.1 Å². The molecule has 0 aliphatic heterocycles. The Balaban J connectivity index is 2.84. The molecular formula is C10H17N3. The van der Waals surface area contributed by atoms with E-state index in [1.807, 2.05) is 18.2 Å². The molecule has 0 saturated carbocycles. The molecule has 1 rings (SSSR count). The van der Waals surface area contributed by atoms with Gasteiger partial charge in [0.15, 0.2) is 0 Å². The molecule has 0 spiro atoms. The minimum atomic E-state index is 0.647. The molecule has 0 heterocycles. The van der Waals surface area contributed by atoms with E-state index in [0.717, 1.165) is 18.7 Å². The summed E-state index contributed by atoms with van der Waals surface area (Å²) in [5.74, 6) is 0. The summed E-state index contributed by atoms with van der Waals surface area (Å²) in [6.07, 6.45) is 1.13. The van der Waals surface area contributed by atoms with E-state index in [0.29, 0.717) is 11.4 Å². The van der Waals surface area contributed by atoms with Crippen LogP contribution in [0.25, 0.3) is 0 Å². The van der Waals surface area contributed by atoms with Crippen LogP contribution in [-0.4, -0.2) is 13.6 Å². The van der Waals surface area contributed by atoms with Crippen molar-refractivity contribution in [3.63, 3.8) is 0 Å². The van der Waals surface area contributed by atoms with Crippen LogP contribution >= 0.6 is 0 Å². The molecule has 1 aromatic rings. The summed E-state index contributed by atoms with van der Waals surface area (Å²) in [6.45, 7) is 3.18. The van der Waals surface area contributed by atoms with Crippen LogP contribution < -0.4 is 16.4 Å². The van der Waals surface area contributed by atoms with Gasteiger partial charge in [-0.15, -0.1) is 0 Å². The summed E-state index contributed by atoms with van der Waals surface area (Å²) in [6, 6.07) is 5.74. The van der Waals surface area contributed by atoms with E-state index in [1.54, 1.807) is 0 Å². The normalized spacial score (nSPS) is 10.0. The van der Waals surface area contributed by atoms with Crippen molar-refractivity contribution in [2.75, 3.05) is 30.0 Å². The third-order valence-electron chi connectivity index (χ3n) is 2.07. The summed E-state index contributed by atoms with van der Waals surface area (Å²) in [4.78, 5) is 2.16. The van der Waals surface area contributed by atoms with Crippen LogP contribution in [0.5, 0.6) is 0 Å². The zero-order valence-corrected chi connectivity index (χ0v) is 8.25. The maximum Gasteiger partial charge on any atom is 0.0568 e. The van der Waals surface area contributed by atoms with Gasteiger partial charge in [-0.2, -0.15) is 0 Å². The van der Waals surface area contributed by atoms with Gasteiger partial charge < -0.3 is 16.4 Å². The Bertz CT molecular complexity index is 283. The lowest BCUT2D eigenvalue weighted by Crippen LogP contribution is -2.17. The zero-order valence-electron chi connectivity index (χ0n) is 8.25. The number of nitrogen functional groups attached to an aromatic ring is 2. The summed E-state index contributed by atoms with van der Waals surface area (Å²) < 4.78 is 0. The van der Waals surface area contributed by atoms with Crippen molar-refractivity contribution >= 4 is 17.1 Å². The Labute approximate surface area is 79.3 Å². The summed E-state index contributed by atoms with van der Waals surface area (Å²) >= 11 is 0. The molecule has 13 heavy (non-hydrogen) atoms. The molecule has 3 nitrogen and oxygen atoms in total. The van der Waals surface area contributed by atoms with Gasteiger partial charge in [0.05, 0.1) is 11.4 Å². The molecule has 0 fully saturated rings. The van der Waals surface area contributed by atoms with Gasteiger partial charge in [0.25, 0.3) is 0 Å². The number of rotatable bonds is 3. The second-order valence-electron chi connectivity index (χ2n) is 3.23. The maximum atomic E-state index is 5.70. The van der Waals surface area contributed by atoms with Crippen LogP contribution in [0, 0.1) is 0 Å². The lowest BCUT2D eigenvalue weighted by atomic mass is 10.2. The van der Waals surface area contributed by atoms with E-state index in [1.165, 1.54) is 0 Å². The van der Waals surface area contributed by atoms with Gasteiger partial charge in [-0.1, -0.05) is 6.92 Å². The van der Waals surface area contributed by atoms with E-state index in [-0.39, 0.29) is 0 Å². The highest BCUT2D eigenvalue weighted by Crippen LogP contribution is 2.21. The van der Waals surface area contributed by atoms with Crippen LogP contribution in [-0.2, 0) is 0 Å². The van der Waals surface area contributed by atoms with Crippen molar-refractivity contribution in [2.24, 2.45) is 0 Å². The number of nitrogens with zero attached hydrogens (tertiary/aromatic N) is 1. The number of anilines is 3. The monoisotopic (exact) mass is 179 g/mol. The highest BCUT2D eigenvalue weighted by Gasteiger charge is 2.01. The smallest absolute Gasteiger partial charge is 0.0568 e. The van der Waals surface area contributed by atoms with Crippen molar-refractivity contribution in [3.8, 4) is 0 Å². The molecule has 0 amide bonds. The van der Waals surface area contributed by atoms with Gasteiger partial charge in [-0.25, -0.2) is 0 Å². The van der Waals surface area contributed by atoms with Crippen LogP contribution in [0.2, 0.25) is 0 Å². The molecule has 0 aliphatic rings. The van der Waals surface area contributed by atoms with Gasteiger partial charge in [0.1, 0.15) is 0 Å². The fourth-order valence-corrected chi connectivity index (χ4v) is 1.26. The van der Waals surface area contributed by atoms with E-state index in [2.05, 4.69) is 18.9 Å². The molecule has 0 radical (unpaired) electrons. The highest BCUT2D eigenvalue weighted by atomic mass is 15.1. The van der Waals surface area contributed by atoms with E-state index >= 15 is 0 Å². The number of benzene rings is 1. The Morgan fingerprint density at radius 3 is 2.46 bits per heavy atom. The first-order valence-electron chi connectivity index (χ1n) is 4.51. The molecule has 4 N–H and O–H groups in total. The first-order chi connectivity index (χ1) is 6.15. The maximum absolute atomic E-state index is 5.70. The van der Waals surface area contributed by atoms with Gasteiger partial charge in [0, 0.05) is 19.3 Å². The van der Waals surface area contributed by atoms with Crippen LogP contribution in [0.15, 0.2) is 18.2 Å². The van der Waals surface area contributed by atoms with Gasteiger partial charge in [0.2, 0.25) is 0 Å². The van der Waals surface area contributed by atoms with Crippen molar-refractivity contribution < 1.29 is 0 Å². The van der Waals surface area contributed by atoms with E-state index in [4.69, 9.17) is 11.5 Å². The topological polar surface area (TPSA) is 55.3 Å². The second-order valence-corrected chi connectivity index (χ2v) is 3.23. The highest BCUT2D eigenvalue weighted by molar-refractivity contribution is 5.69. The van der Waals surface area contributed by atoms with Crippen LogP contribution in [0.1, 0.15) is 13.3 Å². The van der Waals surface area contributed by atoms with Crippen molar-refractivity contribution in [1.29, 1.82) is 0 Å². The lowest BCUT2D eigenvalue weighted by Gasteiger charge is -2.18. The van der Waals surface area contributed by atoms with E-state index < -0.39 is 0 Å². The molecule has 0 atom stereocenters. The minimum Gasteiger partial charge on any atom is -0.397 e. The lowest BCUT2D eigenvalue weighted by molar-refractivity contribution is 0.852. The molecule has 0 saturated heterocycles. The average molecular weight is 179 g/mol. The molecule has 0 unspecified atom stereocenters. The third-order valence-corrected chi connectivity index (χ3v) is 2.07. The largest absolute Gasteiger partial charge is 0.397 e. The Hall–Kier alpha value is -1.38. The average Bonchev–Trinajstić information content (AvgIpc) is 2.10. The van der Waals surface area contributed by atoms with Crippen molar-refractivity contribution in [2.45, 2.75) is 13.3 Å². The van der Waals surface area contributed by atoms with Gasteiger partial charge >= 0.3 is 0 Å². The van der Waals surface area contributed by atoms with Crippen LogP contribution in [0.3, 0.4) is 0 Å². The first kappa shape index (κ1) is 9.71. The quantitative estimate of drug-likeness (QED) is 0.694. The minimum absolute atomic E-state index is 0.647. The summed E-state index contributed by atoms with van der Waals surface area (Å²) in [5.41, 5.74) is 13.7. The second kappa shape index (κ2) is 4.03. The molecule has 0 aromatic heterocycles. The molecule has 72 valence electrons. The zero-order chi connectivity index (χ0) is 9.84. The Kier molecular flexibility index (Phi) is 3.01. The van der Waals surface area contributed by atoms with Crippen molar-refractivity contribution in [1.82, 2.24) is 0 Å². The van der Waals surface area contributed by atoms with Crippen molar-refractivity contribution in [3.05, 3.63) is 18.2 Å². The first-order valence-corrected chi connectivity index (χ1v) is 4.51. The molecule has 1 aromatic carbocycles. The van der Waals surface area contributed by atoms with E-state index in [9.17, 15) is 0 Å². The predicted molar refractivity (Wildman–Crippen MR) is 58.8 cm³/mol. The Morgan fingerprint density at radius 2 is 1.92 bits per heavy atom.